The minimum absolute atomic E-state index is 0.0626. The van der Waals surface area contributed by atoms with Crippen molar-refractivity contribution in [3.8, 4) is 0 Å². The number of carboxylic acids is 1. The molecule has 1 heterocycles. The van der Waals surface area contributed by atoms with Crippen LogP contribution in [0.25, 0.3) is 0 Å². The zero-order chi connectivity index (χ0) is 15.3. The van der Waals surface area contributed by atoms with Crippen molar-refractivity contribution in [3.05, 3.63) is 29.8 Å². The molecule has 0 spiro atoms. The van der Waals surface area contributed by atoms with E-state index in [0.717, 1.165) is 5.56 Å². The average molecular weight is 313 g/mol. The van der Waals surface area contributed by atoms with Gasteiger partial charge in [0.25, 0.3) is 0 Å². The zero-order valence-corrected chi connectivity index (χ0v) is 12.4. The molecule has 0 saturated carbocycles. The third-order valence-electron chi connectivity index (χ3n) is 3.45. The third-order valence-corrected chi connectivity index (χ3v) is 5.32. The van der Waals surface area contributed by atoms with Crippen LogP contribution in [0.4, 0.5) is 5.69 Å². The summed E-state index contributed by atoms with van der Waals surface area (Å²) in [7, 11) is -3.40. The van der Waals surface area contributed by atoms with Crippen LogP contribution in [-0.2, 0) is 26.0 Å². The molecule has 1 aliphatic rings. The van der Waals surface area contributed by atoms with E-state index in [1.54, 1.807) is 24.3 Å². The second-order valence-electron chi connectivity index (χ2n) is 5.05. The number of hydrogen-bond acceptors (Lipinski definition) is 4. The van der Waals surface area contributed by atoms with E-state index in [2.05, 4.69) is 4.72 Å². The van der Waals surface area contributed by atoms with Crippen LogP contribution in [0, 0.1) is 0 Å². The Bertz CT molecular complexity index is 576. The molecule has 0 bridgehead atoms. The molecule has 116 valence electrons. The minimum atomic E-state index is -3.40. The van der Waals surface area contributed by atoms with Gasteiger partial charge in [0, 0.05) is 25.3 Å². The molecule has 6 nitrogen and oxygen atoms in total. The normalized spacial score (nSPS) is 16.6. The largest absolute Gasteiger partial charge is 0.481 e. The van der Waals surface area contributed by atoms with E-state index in [9.17, 15) is 13.2 Å². The van der Waals surface area contributed by atoms with E-state index in [1.807, 2.05) is 0 Å². The number of carbonyl (C=O) groups is 1. The summed E-state index contributed by atoms with van der Waals surface area (Å²) in [5.74, 6) is -0.848. The molecule has 21 heavy (non-hydrogen) atoms. The van der Waals surface area contributed by atoms with Crippen LogP contribution < -0.4 is 4.72 Å². The van der Waals surface area contributed by atoms with Crippen molar-refractivity contribution in [2.24, 2.45) is 0 Å². The van der Waals surface area contributed by atoms with Gasteiger partial charge in [-0.1, -0.05) is 12.1 Å². The van der Waals surface area contributed by atoms with Gasteiger partial charge < -0.3 is 9.84 Å². The third kappa shape index (κ3) is 4.71. The summed E-state index contributed by atoms with van der Waals surface area (Å²) in [6.07, 6.45) is 1.51. The Kier molecular flexibility index (Phi) is 5.19. The molecule has 7 heteroatoms. The van der Waals surface area contributed by atoms with Gasteiger partial charge in [-0.3, -0.25) is 9.52 Å². The van der Waals surface area contributed by atoms with Crippen molar-refractivity contribution in [1.82, 2.24) is 0 Å². The number of aryl methyl sites for hydroxylation is 1. The maximum atomic E-state index is 12.2. The van der Waals surface area contributed by atoms with Gasteiger partial charge in [-0.15, -0.1) is 0 Å². The van der Waals surface area contributed by atoms with Crippen molar-refractivity contribution in [1.29, 1.82) is 0 Å². The molecule has 0 aromatic heterocycles. The molecule has 0 radical (unpaired) electrons. The van der Waals surface area contributed by atoms with Crippen molar-refractivity contribution in [2.75, 3.05) is 17.9 Å². The monoisotopic (exact) mass is 313 g/mol. The van der Waals surface area contributed by atoms with Gasteiger partial charge in [0.15, 0.2) is 0 Å². The van der Waals surface area contributed by atoms with E-state index in [1.165, 1.54) is 0 Å². The Labute approximate surface area is 124 Å². The van der Waals surface area contributed by atoms with Gasteiger partial charge in [-0.2, -0.15) is 0 Å². The van der Waals surface area contributed by atoms with Crippen molar-refractivity contribution in [2.45, 2.75) is 30.9 Å². The Morgan fingerprint density at radius 2 is 1.86 bits per heavy atom. The van der Waals surface area contributed by atoms with E-state index < -0.39 is 21.2 Å². The van der Waals surface area contributed by atoms with Crippen molar-refractivity contribution >= 4 is 21.7 Å². The quantitative estimate of drug-likeness (QED) is 0.832. The molecule has 2 rings (SSSR count). The van der Waals surface area contributed by atoms with Gasteiger partial charge in [-0.05, 0) is 37.0 Å². The maximum absolute atomic E-state index is 12.2. The summed E-state index contributed by atoms with van der Waals surface area (Å²) in [6.45, 7) is 0.944. The number of rotatable bonds is 6. The minimum Gasteiger partial charge on any atom is -0.481 e. The molecule has 2 N–H and O–H groups in total. The summed E-state index contributed by atoms with van der Waals surface area (Å²) in [5, 5.41) is 8.21. The molecule has 1 aromatic carbocycles. The first kappa shape index (κ1) is 15.8. The molecule has 0 amide bonds. The fourth-order valence-electron chi connectivity index (χ4n) is 2.22. The molecule has 1 fully saturated rings. The highest BCUT2D eigenvalue weighted by atomic mass is 32.2. The van der Waals surface area contributed by atoms with E-state index in [4.69, 9.17) is 9.84 Å². The summed E-state index contributed by atoms with van der Waals surface area (Å²) < 4.78 is 32.2. The summed E-state index contributed by atoms with van der Waals surface area (Å²) in [4.78, 5) is 10.5. The Hall–Kier alpha value is -1.60. The van der Waals surface area contributed by atoms with Crippen LogP contribution in [0.2, 0.25) is 0 Å². The zero-order valence-electron chi connectivity index (χ0n) is 11.6. The van der Waals surface area contributed by atoms with E-state index in [-0.39, 0.29) is 6.42 Å². The number of benzene rings is 1. The Morgan fingerprint density at radius 3 is 2.43 bits per heavy atom. The van der Waals surface area contributed by atoms with Crippen molar-refractivity contribution < 1.29 is 23.1 Å². The lowest BCUT2D eigenvalue weighted by atomic mass is 10.1. The van der Waals surface area contributed by atoms with Gasteiger partial charge in [-0.25, -0.2) is 8.42 Å². The smallest absolute Gasteiger partial charge is 0.303 e. The van der Waals surface area contributed by atoms with Gasteiger partial charge in [0.2, 0.25) is 10.0 Å². The number of nitrogens with one attached hydrogen (secondary N) is 1. The fraction of sp³-hybridized carbons (Fsp3) is 0.500. The summed E-state index contributed by atoms with van der Waals surface area (Å²) in [6, 6.07) is 6.80. The molecular formula is C14H19NO5S. The molecule has 1 aliphatic heterocycles. The fourth-order valence-corrected chi connectivity index (χ4v) is 3.67. The predicted molar refractivity (Wildman–Crippen MR) is 78.8 cm³/mol. The first-order valence-corrected chi connectivity index (χ1v) is 8.42. The van der Waals surface area contributed by atoms with Crippen LogP contribution in [0.1, 0.15) is 24.8 Å². The number of ether oxygens (including phenoxy) is 1. The molecular weight excluding hydrogens is 294 g/mol. The molecule has 0 atom stereocenters. The number of hydrogen-bond donors (Lipinski definition) is 2. The average Bonchev–Trinajstić information content (AvgIpc) is 2.47. The molecule has 1 saturated heterocycles. The summed E-state index contributed by atoms with van der Waals surface area (Å²) in [5.41, 5.74) is 1.37. The lowest BCUT2D eigenvalue weighted by Gasteiger charge is -2.22. The van der Waals surface area contributed by atoms with Gasteiger partial charge in [0.05, 0.1) is 5.25 Å². The second kappa shape index (κ2) is 6.91. The topological polar surface area (TPSA) is 92.7 Å². The van der Waals surface area contributed by atoms with Gasteiger partial charge in [0.1, 0.15) is 0 Å². The first-order valence-electron chi connectivity index (χ1n) is 6.87. The highest BCUT2D eigenvalue weighted by molar-refractivity contribution is 7.93. The van der Waals surface area contributed by atoms with Crippen LogP contribution >= 0.6 is 0 Å². The first-order chi connectivity index (χ1) is 9.97. The number of sulfonamides is 1. The summed E-state index contributed by atoms with van der Waals surface area (Å²) >= 11 is 0. The van der Waals surface area contributed by atoms with Crippen LogP contribution in [0.5, 0.6) is 0 Å². The predicted octanol–water partition coefficient (Wildman–Crippen LogP) is 1.62. The Morgan fingerprint density at radius 1 is 1.24 bits per heavy atom. The number of aliphatic carboxylic acids is 1. The van der Waals surface area contributed by atoms with E-state index >= 15 is 0 Å². The van der Waals surface area contributed by atoms with Crippen LogP contribution in [-0.4, -0.2) is 38.0 Å². The molecule has 1 aromatic rings. The standard InChI is InChI=1S/C14H19NO5S/c16-14(17)6-3-11-1-4-12(5-2-11)15-21(18,19)13-7-9-20-10-8-13/h1-2,4-5,13,15H,3,6-10H2,(H,16,17). The maximum Gasteiger partial charge on any atom is 0.303 e. The van der Waals surface area contributed by atoms with Crippen molar-refractivity contribution in [3.63, 3.8) is 0 Å². The second-order valence-corrected chi connectivity index (χ2v) is 7.01. The number of anilines is 1. The SMILES string of the molecule is O=C(O)CCc1ccc(NS(=O)(=O)C2CCOCC2)cc1. The Balaban J connectivity index is 1.97. The highest BCUT2D eigenvalue weighted by Gasteiger charge is 2.27. The molecule has 0 aliphatic carbocycles. The lowest BCUT2D eigenvalue weighted by Crippen LogP contribution is -2.33. The number of carboxylic acid groups (broad SMARTS) is 1. The molecule has 0 unspecified atom stereocenters. The van der Waals surface area contributed by atoms with E-state index in [0.29, 0.717) is 38.2 Å². The lowest BCUT2D eigenvalue weighted by molar-refractivity contribution is -0.136. The highest BCUT2D eigenvalue weighted by Crippen LogP contribution is 2.20. The van der Waals surface area contributed by atoms with Crippen LogP contribution in [0.15, 0.2) is 24.3 Å². The van der Waals surface area contributed by atoms with Gasteiger partial charge >= 0.3 is 5.97 Å². The van der Waals surface area contributed by atoms with Crippen LogP contribution in [0.3, 0.4) is 0 Å².